The third-order valence-electron chi connectivity index (χ3n) is 4.08. The molecular formula is C20H21ClF3N3O3. The molecule has 0 aliphatic heterocycles. The second kappa shape index (κ2) is 9.88. The average Bonchev–Trinajstić information content (AvgIpc) is 2.67. The van der Waals surface area contributed by atoms with Crippen LogP contribution in [0.3, 0.4) is 0 Å². The number of carbonyl (C=O) groups excluding carboxylic acids is 2. The van der Waals surface area contributed by atoms with Crippen LogP contribution in [0.15, 0.2) is 30.6 Å². The van der Waals surface area contributed by atoms with Gasteiger partial charge in [0.1, 0.15) is 10.8 Å². The molecule has 30 heavy (non-hydrogen) atoms. The normalized spacial score (nSPS) is 12.5. The highest BCUT2D eigenvalue weighted by Crippen LogP contribution is 2.33. The number of hydrogen-bond acceptors (Lipinski definition) is 5. The van der Waals surface area contributed by atoms with Crippen molar-refractivity contribution in [3.8, 4) is 5.88 Å². The van der Waals surface area contributed by atoms with Crippen molar-refractivity contribution < 1.29 is 27.5 Å². The van der Waals surface area contributed by atoms with Gasteiger partial charge in [0.25, 0.3) is 0 Å². The molecule has 2 aromatic heterocycles. The fourth-order valence-corrected chi connectivity index (χ4v) is 2.55. The van der Waals surface area contributed by atoms with Gasteiger partial charge in [-0.1, -0.05) is 25.4 Å². The van der Waals surface area contributed by atoms with Crippen molar-refractivity contribution in [3.05, 3.63) is 46.7 Å². The lowest BCUT2D eigenvalue weighted by molar-refractivity contribution is -0.137. The molecule has 0 spiro atoms. The summed E-state index contributed by atoms with van der Waals surface area (Å²) in [6, 6.07) is 3.77. The molecule has 2 rings (SSSR count). The Balaban J connectivity index is 1.94. The molecule has 0 saturated heterocycles. The molecule has 2 heterocycles. The van der Waals surface area contributed by atoms with Gasteiger partial charge in [-0.2, -0.15) is 13.2 Å². The van der Waals surface area contributed by atoms with E-state index in [0.29, 0.717) is 11.8 Å². The topological polar surface area (TPSA) is 81.2 Å². The van der Waals surface area contributed by atoms with Gasteiger partial charge >= 0.3 is 6.18 Å². The van der Waals surface area contributed by atoms with Crippen molar-refractivity contribution in [2.75, 3.05) is 5.32 Å². The molecule has 1 amide bonds. The number of halogens is 4. The maximum atomic E-state index is 12.7. The number of hydrogen-bond donors (Lipinski definition) is 1. The van der Waals surface area contributed by atoms with E-state index in [1.165, 1.54) is 18.3 Å². The van der Waals surface area contributed by atoms with Crippen LogP contribution in [0, 0.1) is 5.92 Å². The van der Waals surface area contributed by atoms with Crippen LogP contribution in [-0.4, -0.2) is 27.8 Å². The van der Waals surface area contributed by atoms with Crippen molar-refractivity contribution in [1.82, 2.24) is 9.97 Å². The van der Waals surface area contributed by atoms with Gasteiger partial charge in [-0.05, 0) is 31.5 Å². The summed E-state index contributed by atoms with van der Waals surface area (Å²) in [5, 5.41) is 2.36. The fourth-order valence-electron chi connectivity index (χ4n) is 2.34. The van der Waals surface area contributed by atoms with E-state index in [2.05, 4.69) is 15.3 Å². The zero-order valence-corrected chi connectivity index (χ0v) is 17.3. The van der Waals surface area contributed by atoms with Crippen LogP contribution in [0.1, 0.15) is 49.5 Å². The van der Waals surface area contributed by atoms with Crippen LogP contribution in [-0.2, 0) is 11.0 Å². The maximum absolute atomic E-state index is 12.7. The zero-order chi connectivity index (χ0) is 22.5. The van der Waals surface area contributed by atoms with Crippen LogP contribution >= 0.6 is 11.6 Å². The summed E-state index contributed by atoms with van der Waals surface area (Å²) in [5.41, 5.74) is -0.595. The average molecular weight is 444 g/mol. The monoisotopic (exact) mass is 443 g/mol. The Hall–Kier alpha value is -2.68. The molecule has 0 fully saturated rings. The first-order valence-corrected chi connectivity index (χ1v) is 9.54. The third kappa shape index (κ3) is 6.69. The molecule has 0 bridgehead atoms. The van der Waals surface area contributed by atoms with Crippen LogP contribution in [0.5, 0.6) is 5.88 Å². The van der Waals surface area contributed by atoms with Gasteiger partial charge in [0, 0.05) is 30.3 Å². The van der Waals surface area contributed by atoms with Crippen LogP contribution in [0.25, 0.3) is 0 Å². The second-order valence-corrected chi connectivity index (χ2v) is 7.38. The molecule has 0 unspecified atom stereocenters. The number of Topliss-reactive ketones (excluding diaryl/α,β-unsaturated/α-hetero) is 1. The first kappa shape index (κ1) is 23.6. The van der Waals surface area contributed by atoms with E-state index in [9.17, 15) is 22.8 Å². The molecular weight excluding hydrogens is 423 g/mol. The van der Waals surface area contributed by atoms with Crippen molar-refractivity contribution >= 4 is 29.1 Å². The van der Waals surface area contributed by atoms with Crippen molar-refractivity contribution in [2.24, 2.45) is 5.92 Å². The lowest BCUT2D eigenvalue weighted by Gasteiger charge is -2.15. The van der Waals surface area contributed by atoms with Gasteiger partial charge in [-0.15, -0.1) is 0 Å². The molecule has 0 radical (unpaired) electrons. The first-order chi connectivity index (χ1) is 14.0. The Morgan fingerprint density at radius 3 is 2.50 bits per heavy atom. The predicted octanol–water partition coefficient (Wildman–Crippen LogP) is 5.17. The highest BCUT2D eigenvalue weighted by molar-refractivity contribution is 6.31. The fraction of sp³-hybridized carbons (Fsp3) is 0.400. The van der Waals surface area contributed by atoms with Gasteiger partial charge < -0.3 is 10.1 Å². The van der Waals surface area contributed by atoms with Crippen LogP contribution in [0.4, 0.5) is 19.0 Å². The van der Waals surface area contributed by atoms with Crippen LogP contribution < -0.4 is 10.1 Å². The minimum atomic E-state index is -4.55. The highest BCUT2D eigenvalue weighted by Gasteiger charge is 2.32. The lowest BCUT2D eigenvalue weighted by atomic mass is 10.1. The Kier molecular flexibility index (Phi) is 7.77. The first-order valence-electron chi connectivity index (χ1n) is 9.17. The molecule has 10 heteroatoms. The van der Waals surface area contributed by atoms with Crippen molar-refractivity contribution in [3.63, 3.8) is 0 Å². The Morgan fingerprint density at radius 1 is 1.20 bits per heavy atom. The molecule has 2 aromatic rings. The number of aromatic nitrogens is 2. The lowest BCUT2D eigenvalue weighted by Crippen LogP contribution is -2.19. The number of ketones is 1. The largest absolute Gasteiger partial charge is 0.474 e. The molecule has 0 aliphatic carbocycles. The Labute approximate surface area is 176 Å². The highest BCUT2D eigenvalue weighted by atomic mass is 35.5. The van der Waals surface area contributed by atoms with Crippen molar-refractivity contribution in [2.45, 2.75) is 45.9 Å². The summed E-state index contributed by atoms with van der Waals surface area (Å²) in [4.78, 5) is 31.8. The number of ether oxygens (including phenoxy) is 1. The molecule has 162 valence electrons. The smallest absolute Gasteiger partial charge is 0.417 e. The number of nitrogens with zero attached hydrogens (tertiary/aromatic N) is 2. The van der Waals surface area contributed by atoms with E-state index in [-0.39, 0.29) is 47.2 Å². The molecule has 1 N–H and O–H groups in total. The number of carbonyl (C=O) groups is 2. The zero-order valence-electron chi connectivity index (χ0n) is 16.6. The standard InChI is InChI=1S/C20H21ClF3N3O3/c1-11(2)18(29)27-17-8-13(6-7-25-17)16(28)5-4-12(3)30-19-15(21)9-14(10-26-19)20(22,23)24/h6-12H,4-5H2,1-3H3,(H,25,27,29)/t12-/m1/s1. The summed E-state index contributed by atoms with van der Waals surface area (Å²) in [5.74, 6) is -0.485. The minimum Gasteiger partial charge on any atom is -0.474 e. The number of alkyl halides is 3. The molecule has 0 aromatic carbocycles. The van der Waals surface area contributed by atoms with Gasteiger partial charge in [0.05, 0.1) is 11.7 Å². The molecule has 0 aliphatic rings. The number of anilines is 1. The molecule has 1 atom stereocenters. The Morgan fingerprint density at radius 2 is 1.90 bits per heavy atom. The van der Waals surface area contributed by atoms with E-state index in [4.69, 9.17) is 16.3 Å². The van der Waals surface area contributed by atoms with Gasteiger partial charge in [0.2, 0.25) is 11.8 Å². The number of nitrogens with one attached hydrogen (secondary N) is 1. The van der Waals surface area contributed by atoms with Crippen molar-refractivity contribution in [1.29, 1.82) is 0 Å². The van der Waals surface area contributed by atoms with Gasteiger partial charge in [-0.3, -0.25) is 9.59 Å². The summed E-state index contributed by atoms with van der Waals surface area (Å²) in [7, 11) is 0. The molecule has 0 saturated carbocycles. The Bertz CT molecular complexity index is 920. The SMILES string of the molecule is CC(C)C(=O)Nc1cc(C(=O)CC[C@@H](C)Oc2ncc(C(F)(F)F)cc2Cl)ccn1. The second-order valence-electron chi connectivity index (χ2n) is 6.97. The van der Waals surface area contributed by atoms with E-state index in [1.807, 2.05) is 0 Å². The predicted molar refractivity (Wildman–Crippen MR) is 106 cm³/mol. The maximum Gasteiger partial charge on any atom is 0.417 e. The van der Waals surface area contributed by atoms with E-state index >= 15 is 0 Å². The van der Waals surface area contributed by atoms with E-state index in [0.717, 1.165) is 6.07 Å². The van der Waals surface area contributed by atoms with Crippen LogP contribution in [0.2, 0.25) is 5.02 Å². The summed E-state index contributed by atoms with van der Waals surface area (Å²) < 4.78 is 43.5. The third-order valence-corrected chi connectivity index (χ3v) is 4.35. The van der Waals surface area contributed by atoms with E-state index in [1.54, 1.807) is 20.8 Å². The van der Waals surface area contributed by atoms with Gasteiger partial charge in [-0.25, -0.2) is 9.97 Å². The molecule has 6 nitrogen and oxygen atoms in total. The minimum absolute atomic E-state index is 0.112. The number of rotatable bonds is 8. The summed E-state index contributed by atoms with van der Waals surface area (Å²) >= 11 is 5.82. The quantitative estimate of drug-likeness (QED) is 0.569. The summed E-state index contributed by atoms with van der Waals surface area (Å²) in [6.45, 7) is 5.14. The number of amides is 1. The van der Waals surface area contributed by atoms with E-state index < -0.39 is 17.8 Å². The van der Waals surface area contributed by atoms with Gasteiger partial charge in [0.15, 0.2) is 5.78 Å². The number of pyridine rings is 2. The summed E-state index contributed by atoms with van der Waals surface area (Å²) in [6.07, 6.45) is -2.60.